The summed E-state index contributed by atoms with van der Waals surface area (Å²) in [6.07, 6.45) is 2.57. The molecule has 0 aliphatic heterocycles. The molecule has 0 radical (unpaired) electrons. The topological polar surface area (TPSA) is 51.6 Å². The maximum Gasteiger partial charge on any atom is 0.161 e. The highest BCUT2D eigenvalue weighted by Crippen LogP contribution is 2.31. The van der Waals surface area contributed by atoms with E-state index in [0.29, 0.717) is 17.9 Å². The largest absolute Gasteiger partial charge is 0.493 e. The van der Waals surface area contributed by atoms with Crippen LogP contribution in [0, 0.1) is 0 Å². The molecule has 1 atom stereocenters. The maximum atomic E-state index is 10.2. The molecule has 0 saturated heterocycles. The lowest BCUT2D eigenvalue weighted by Crippen LogP contribution is -2.02. The molecule has 4 heteroatoms. The van der Waals surface area contributed by atoms with Crippen molar-refractivity contribution in [1.82, 2.24) is 4.98 Å². The van der Waals surface area contributed by atoms with Gasteiger partial charge in [-0.05, 0) is 42.7 Å². The Labute approximate surface area is 119 Å². The van der Waals surface area contributed by atoms with Crippen molar-refractivity contribution in [2.24, 2.45) is 0 Å². The van der Waals surface area contributed by atoms with Gasteiger partial charge in [-0.2, -0.15) is 0 Å². The summed E-state index contributed by atoms with van der Waals surface area (Å²) in [6.45, 7) is 0. The summed E-state index contributed by atoms with van der Waals surface area (Å²) in [7, 11) is 3.18. The summed E-state index contributed by atoms with van der Waals surface area (Å²) in [5, 5.41) is 10.2. The molecule has 0 aliphatic rings. The number of rotatable bonds is 6. The van der Waals surface area contributed by atoms with Crippen molar-refractivity contribution in [3.63, 3.8) is 0 Å². The van der Waals surface area contributed by atoms with Crippen LogP contribution in [0.2, 0.25) is 0 Å². The first kappa shape index (κ1) is 14.3. The SMILES string of the molecule is COc1ccc(C(O)CCc2ccccn2)cc1OC. The quantitative estimate of drug-likeness (QED) is 0.879. The Hall–Kier alpha value is -2.07. The molecule has 1 unspecified atom stereocenters. The van der Waals surface area contributed by atoms with Crippen LogP contribution in [0.25, 0.3) is 0 Å². The Morgan fingerprint density at radius 2 is 1.90 bits per heavy atom. The van der Waals surface area contributed by atoms with Gasteiger partial charge in [-0.15, -0.1) is 0 Å². The van der Waals surface area contributed by atoms with Gasteiger partial charge in [0.2, 0.25) is 0 Å². The number of hydrogen-bond acceptors (Lipinski definition) is 4. The molecule has 106 valence electrons. The highest BCUT2D eigenvalue weighted by Gasteiger charge is 2.12. The number of aliphatic hydroxyl groups excluding tert-OH is 1. The minimum Gasteiger partial charge on any atom is -0.493 e. The Bertz CT molecular complexity index is 543. The van der Waals surface area contributed by atoms with Crippen LogP contribution in [-0.4, -0.2) is 24.3 Å². The number of pyridine rings is 1. The van der Waals surface area contributed by atoms with Crippen molar-refractivity contribution in [3.05, 3.63) is 53.9 Å². The van der Waals surface area contributed by atoms with E-state index in [1.807, 2.05) is 30.3 Å². The van der Waals surface area contributed by atoms with Crippen molar-refractivity contribution >= 4 is 0 Å². The predicted molar refractivity (Wildman–Crippen MR) is 77.1 cm³/mol. The van der Waals surface area contributed by atoms with Crippen LogP contribution >= 0.6 is 0 Å². The second-order valence-corrected chi connectivity index (χ2v) is 4.49. The van der Waals surface area contributed by atoms with E-state index in [4.69, 9.17) is 9.47 Å². The van der Waals surface area contributed by atoms with Gasteiger partial charge in [0, 0.05) is 11.9 Å². The van der Waals surface area contributed by atoms with Crippen LogP contribution in [0.5, 0.6) is 11.5 Å². The molecule has 0 saturated carbocycles. The summed E-state index contributed by atoms with van der Waals surface area (Å²) < 4.78 is 10.4. The Morgan fingerprint density at radius 1 is 1.10 bits per heavy atom. The summed E-state index contributed by atoms with van der Waals surface area (Å²) in [5.41, 5.74) is 1.80. The lowest BCUT2D eigenvalue weighted by molar-refractivity contribution is 0.167. The number of ether oxygens (including phenoxy) is 2. The van der Waals surface area contributed by atoms with Gasteiger partial charge >= 0.3 is 0 Å². The molecule has 2 rings (SSSR count). The zero-order valence-corrected chi connectivity index (χ0v) is 11.7. The Kier molecular flexibility index (Phi) is 4.96. The van der Waals surface area contributed by atoms with Crippen molar-refractivity contribution in [3.8, 4) is 11.5 Å². The fourth-order valence-electron chi connectivity index (χ4n) is 2.06. The van der Waals surface area contributed by atoms with E-state index < -0.39 is 6.10 Å². The number of methoxy groups -OCH3 is 2. The monoisotopic (exact) mass is 273 g/mol. The molecule has 4 nitrogen and oxygen atoms in total. The third kappa shape index (κ3) is 3.48. The van der Waals surface area contributed by atoms with E-state index in [-0.39, 0.29) is 0 Å². The average Bonchev–Trinajstić information content (AvgIpc) is 2.52. The third-order valence-electron chi connectivity index (χ3n) is 3.19. The highest BCUT2D eigenvalue weighted by molar-refractivity contribution is 5.43. The van der Waals surface area contributed by atoms with E-state index in [1.165, 1.54) is 0 Å². The number of aliphatic hydroxyl groups is 1. The van der Waals surface area contributed by atoms with Crippen LogP contribution in [0.15, 0.2) is 42.6 Å². The van der Waals surface area contributed by atoms with Crippen molar-refractivity contribution in [1.29, 1.82) is 0 Å². The van der Waals surface area contributed by atoms with Gasteiger partial charge in [-0.1, -0.05) is 12.1 Å². The summed E-state index contributed by atoms with van der Waals surface area (Å²) >= 11 is 0. The van der Waals surface area contributed by atoms with Gasteiger partial charge in [0.25, 0.3) is 0 Å². The Balaban J connectivity index is 2.03. The predicted octanol–water partition coefficient (Wildman–Crippen LogP) is 2.77. The maximum absolute atomic E-state index is 10.2. The molecule has 0 fully saturated rings. The van der Waals surface area contributed by atoms with Crippen LogP contribution in [-0.2, 0) is 6.42 Å². The summed E-state index contributed by atoms with van der Waals surface area (Å²) in [5.74, 6) is 1.29. The molecule has 1 aromatic carbocycles. The fourth-order valence-corrected chi connectivity index (χ4v) is 2.06. The summed E-state index contributed by atoms with van der Waals surface area (Å²) in [4.78, 5) is 4.25. The third-order valence-corrected chi connectivity index (χ3v) is 3.19. The number of aromatic nitrogens is 1. The standard InChI is InChI=1S/C16H19NO3/c1-19-15-9-6-12(11-16(15)20-2)14(18)8-7-13-5-3-4-10-17-13/h3-6,9-11,14,18H,7-8H2,1-2H3. The van der Waals surface area contributed by atoms with Crippen molar-refractivity contribution in [2.45, 2.75) is 18.9 Å². The first-order valence-electron chi connectivity index (χ1n) is 6.54. The molecule has 20 heavy (non-hydrogen) atoms. The van der Waals surface area contributed by atoms with Gasteiger partial charge in [0.1, 0.15) is 0 Å². The first-order chi connectivity index (χ1) is 9.74. The average molecular weight is 273 g/mol. The zero-order valence-electron chi connectivity index (χ0n) is 11.7. The lowest BCUT2D eigenvalue weighted by atomic mass is 10.0. The van der Waals surface area contributed by atoms with Crippen LogP contribution < -0.4 is 9.47 Å². The van der Waals surface area contributed by atoms with Gasteiger partial charge in [0.15, 0.2) is 11.5 Å². The second-order valence-electron chi connectivity index (χ2n) is 4.49. The highest BCUT2D eigenvalue weighted by atomic mass is 16.5. The van der Waals surface area contributed by atoms with Gasteiger partial charge < -0.3 is 14.6 Å². The smallest absolute Gasteiger partial charge is 0.161 e. The zero-order chi connectivity index (χ0) is 14.4. The van der Waals surface area contributed by atoms with Crippen LogP contribution in [0.3, 0.4) is 0 Å². The second kappa shape index (κ2) is 6.91. The van der Waals surface area contributed by atoms with E-state index in [0.717, 1.165) is 17.7 Å². The van der Waals surface area contributed by atoms with E-state index in [2.05, 4.69) is 4.98 Å². The van der Waals surface area contributed by atoms with Crippen molar-refractivity contribution in [2.75, 3.05) is 14.2 Å². The molecule has 0 spiro atoms. The molecular formula is C16H19NO3. The lowest BCUT2D eigenvalue weighted by Gasteiger charge is -2.14. The number of hydrogen-bond donors (Lipinski definition) is 1. The van der Waals surface area contributed by atoms with E-state index in [1.54, 1.807) is 26.5 Å². The van der Waals surface area contributed by atoms with Gasteiger partial charge in [-0.25, -0.2) is 0 Å². The van der Waals surface area contributed by atoms with Gasteiger partial charge in [-0.3, -0.25) is 4.98 Å². The van der Waals surface area contributed by atoms with E-state index >= 15 is 0 Å². The minimum absolute atomic E-state index is 0.545. The number of nitrogens with zero attached hydrogens (tertiary/aromatic N) is 1. The van der Waals surface area contributed by atoms with Crippen LogP contribution in [0.1, 0.15) is 23.8 Å². The molecule has 2 aromatic rings. The molecule has 1 heterocycles. The normalized spacial score (nSPS) is 11.9. The first-order valence-corrected chi connectivity index (χ1v) is 6.54. The number of benzene rings is 1. The molecule has 0 amide bonds. The molecule has 0 aliphatic carbocycles. The molecule has 1 aromatic heterocycles. The van der Waals surface area contributed by atoms with E-state index in [9.17, 15) is 5.11 Å². The van der Waals surface area contributed by atoms with Crippen molar-refractivity contribution < 1.29 is 14.6 Å². The fraction of sp³-hybridized carbons (Fsp3) is 0.312. The molecule has 0 bridgehead atoms. The molecule has 1 N–H and O–H groups in total. The minimum atomic E-state index is -0.545. The molecular weight excluding hydrogens is 254 g/mol. The number of aryl methyl sites for hydroxylation is 1. The summed E-state index contributed by atoms with van der Waals surface area (Å²) in [6, 6.07) is 11.3. The van der Waals surface area contributed by atoms with Gasteiger partial charge in [0.05, 0.1) is 20.3 Å². The Morgan fingerprint density at radius 3 is 2.55 bits per heavy atom. The van der Waals surface area contributed by atoms with Crippen LogP contribution in [0.4, 0.5) is 0 Å².